The number of nitrogens with one attached hydrogen (secondary N) is 1. The fourth-order valence-corrected chi connectivity index (χ4v) is 3.17. The lowest BCUT2D eigenvalue weighted by atomic mass is 10.2. The Kier molecular flexibility index (Phi) is 6.34. The Morgan fingerprint density at radius 2 is 2.15 bits per heavy atom. The van der Waals surface area contributed by atoms with Gasteiger partial charge in [0.2, 0.25) is 0 Å². The molecule has 0 aliphatic carbocycles. The summed E-state index contributed by atoms with van der Waals surface area (Å²) in [5.41, 5.74) is 2.53. The predicted octanol–water partition coefficient (Wildman–Crippen LogP) is 5.53. The molecule has 0 aliphatic heterocycles. The Balaban J connectivity index is 1.64. The maximum atomic E-state index is 14.2. The lowest BCUT2D eigenvalue weighted by Gasteiger charge is -2.09. The molecular formula is C20H19FN4OS. The van der Waals surface area contributed by atoms with E-state index in [-0.39, 0.29) is 5.75 Å². The number of thiazole rings is 1. The van der Waals surface area contributed by atoms with Gasteiger partial charge in [-0.25, -0.2) is 14.4 Å². The second-order valence-corrected chi connectivity index (χ2v) is 6.77. The molecule has 27 heavy (non-hydrogen) atoms. The second-order valence-electron chi connectivity index (χ2n) is 5.91. The summed E-state index contributed by atoms with van der Waals surface area (Å²) in [5, 5.41) is 14.4. The van der Waals surface area contributed by atoms with Gasteiger partial charge in [-0.2, -0.15) is 5.26 Å². The smallest absolute Gasteiger partial charge is 0.187 e. The van der Waals surface area contributed by atoms with E-state index in [9.17, 15) is 4.39 Å². The predicted molar refractivity (Wildman–Crippen MR) is 105 cm³/mol. The second kappa shape index (κ2) is 9.10. The average molecular weight is 382 g/mol. The molecule has 5 nitrogen and oxygen atoms in total. The third-order valence-electron chi connectivity index (χ3n) is 3.87. The summed E-state index contributed by atoms with van der Waals surface area (Å²) in [6.45, 7) is 2.63. The van der Waals surface area contributed by atoms with Crippen LogP contribution in [0.3, 0.4) is 0 Å². The van der Waals surface area contributed by atoms with Gasteiger partial charge in [-0.3, -0.25) is 0 Å². The van der Waals surface area contributed by atoms with Gasteiger partial charge >= 0.3 is 0 Å². The van der Waals surface area contributed by atoms with Crippen LogP contribution in [-0.2, 0) is 0 Å². The molecule has 0 aliphatic rings. The summed E-state index contributed by atoms with van der Waals surface area (Å²) >= 11 is 1.41. The quantitative estimate of drug-likeness (QED) is 0.519. The van der Waals surface area contributed by atoms with E-state index in [4.69, 9.17) is 10.00 Å². The minimum atomic E-state index is -0.399. The first-order valence-corrected chi connectivity index (χ1v) is 9.59. The van der Waals surface area contributed by atoms with E-state index < -0.39 is 5.82 Å². The van der Waals surface area contributed by atoms with Crippen LogP contribution < -0.4 is 10.1 Å². The zero-order valence-corrected chi connectivity index (χ0v) is 15.7. The number of pyridine rings is 1. The molecule has 0 saturated heterocycles. The normalized spacial score (nSPS) is 10.4. The lowest BCUT2D eigenvalue weighted by molar-refractivity contribution is 0.291. The van der Waals surface area contributed by atoms with Crippen LogP contribution in [-0.4, -0.2) is 16.6 Å². The van der Waals surface area contributed by atoms with Gasteiger partial charge in [-0.05, 0) is 30.7 Å². The highest BCUT2D eigenvalue weighted by atomic mass is 32.1. The van der Waals surface area contributed by atoms with Gasteiger partial charge in [0.25, 0.3) is 0 Å². The van der Waals surface area contributed by atoms with Crippen molar-refractivity contribution in [3.63, 3.8) is 0 Å². The molecule has 0 spiro atoms. The first-order chi connectivity index (χ1) is 13.2. The number of nitriles is 1. The average Bonchev–Trinajstić information content (AvgIpc) is 3.15. The lowest BCUT2D eigenvalue weighted by Crippen LogP contribution is -2.00. The summed E-state index contributed by atoms with van der Waals surface area (Å²) < 4.78 is 19.7. The molecule has 0 bridgehead atoms. The van der Waals surface area contributed by atoms with E-state index in [0.717, 1.165) is 30.5 Å². The largest absolute Gasteiger partial charge is 0.491 e. The highest BCUT2D eigenvalue weighted by Crippen LogP contribution is 2.28. The van der Waals surface area contributed by atoms with Crippen molar-refractivity contribution in [2.45, 2.75) is 26.2 Å². The standard InChI is InChI=1S/C20H19FN4OS/c1-2-3-4-9-26-19-8-7-15(10-17(19)21)24-20-25-18(13-27-20)14-5-6-16(11-22)23-12-14/h5-8,10,12-13H,2-4,9H2,1H3,(H,24,25). The first-order valence-electron chi connectivity index (χ1n) is 8.71. The maximum absolute atomic E-state index is 14.2. The van der Waals surface area contributed by atoms with Crippen molar-refractivity contribution in [2.75, 3.05) is 11.9 Å². The van der Waals surface area contributed by atoms with E-state index in [1.54, 1.807) is 30.5 Å². The van der Waals surface area contributed by atoms with Crippen molar-refractivity contribution in [3.05, 3.63) is 53.4 Å². The Morgan fingerprint density at radius 3 is 2.85 bits per heavy atom. The van der Waals surface area contributed by atoms with E-state index in [1.807, 2.05) is 11.4 Å². The Morgan fingerprint density at radius 1 is 1.26 bits per heavy atom. The summed E-state index contributed by atoms with van der Waals surface area (Å²) in [6.07, 6.45) is 4.70. The van der Waals surface area contributed by atoms with E-state index >= 15 is 0 Å². The number of ether oxygens (including phenoxy) is 1. The number of hydrogen-bond acceptors (Lipinski definition) is 6. The molecule has 2 aromatic heterocycles. The van der Waals surface area contributed by atoms with Crippen LogP contribution in [0.2, 0.25) is 0 Å². The van der Waals surface area contributed by atoms with E-state index in [1.165, 1.54) is 17.4 Å². The summed E-state index contributed by atoms with van der Waals surface area (Å²) in [7, 11) is 0. The summed E-state index contributed by atoms with van der Waals surface area (Å²) in [4.78, 5) is 8.53. The molecule has 3 aromatic rings. The van der Waals surface area contributed by atoms with Crippen molar-refractivity contribution < 1.29 is 9.13 Å². The molecular weight excluding hydrogens is 363 g/mol. The molecule has 0 unspecified atom stereocenters. The van der Waals surface area contributed by atoms with Gasteiger partial charge in [-0.1, -0.05) is 19.8 Å². The van der Waals surface area contributed by atoms with Gasteiger partial charge in [0.15, 0.2) is 16.7 Å². The number of hydrogen-bond donors (Lipinski definition) is 1. The Bertz CT molecular complexity index is 934. The van der Waals surface area contributed by atoms with E-state index in [2.05, 4.69) is 22.2 Å². The highest BCUT2D eigenvalue weighted by Gasteiger charge is 2.08. The zero-order valence-electron chi connectivity index (χ0n) is 14.9. The maximum Gasteiger partial charge on any atom is 0.187 e. The fourth-order valence-electron chi connectivity index (χ4n) is 2.43. The number of unbranched alkanes of at least 4 members (excludes halogenated alkanes) is 2. The van der Waals surface area contributed by atoms with Crippen LogP contribution in [0.5, 0.6) is 5.75 Å². The molecule has 7 heteroatoms. The van der Waals surface area contributed by atoms with Crippen LogP contribution >= 0.6 is 11.3 Å². The number of halogens is 1. The summed E-state index contributed by atoms with van der Waals surface area (Å²) in [5.74, 6) is -0.135. The van der Waals surface area contributed by atoms with Crippen LogP contribution in [0, 0.1) is 17.1 Å². The third kappa shape index (κ3) is 5.02. The molecule has 0 fully saturated rings. The number of benzene rings is 1. The molecule has 0 atom stereocenters. The number of nitrogens with zero attached hydrogens (tertiary/aromatic N) is 3. The Labute approximate surface area is 161 Å². The summed E-state index contributed by atoms with van der Waals surface area (Å²) in [6, 6.07) is 10.2. The molecule has 1 aromatic carbocycles. The number of rotatable bonds is 8. The number of anilines is 2. The van der Waals surface area contributed by atoms with Crippen LogP contribution in [0.4, 0.5) is 15.2 Å². The first kappa shape index (κ1) is 18.8. The van der Waals surface area contributed by atoms with Gasteiger partial charge in [0, 0.05) is 28.9 Å². The van der Waals surface area contributed by atoms with Crippen LogP contribution in [0.15, 0.2) is 41.9 Å². The SMILES string of the molecule is CCCCCOc1ccc(Nc2nc(-c3ccc(C#N)nc3)cs2)cc1F. The minimum absolute atomic E-state index is 0.264. The molecule has 0 amide bonds. The van der Waals surface area contributed by atoms with Crippen molar-refractivity contribution in [1.82, 2.24) is 9.97 Å². The molecule has 0 saturated carbocycles. The van der Waals surface area contributed by atoms with E-state index in [0.29, 0.717) is 23.1 Å². The number of aromatic nitrogens is 2. The molecule has 138 valence electrons. The van der Waals surface area contributed by atoms with Gasteiger partial charge in [0.05, 0.1) is 12.3 Å². The monoisotopic (exact) mass is 382 g/mol. The van der Waals surface area contributed by atoms with Gasteiger partial charge < -0.3 is 10.1 Å². The van der Waals surface area contributed by atoms with Gasteiger partial charge in [-0.15, -0.1) is 11.3 Å². The molecule has 1 N–H and O–H groups in total. The van der Waals surface area contributed by atoms with Crippen molar-refractivity contribution in [1.29, 1.82) is 5.26 Å². The topological polar surface area (TPSA) is 70.8 Å². The van der Waals surface area contributed by atoms with Crippen LogP contribution in [0.25, 0.3) is 11.3 Å². The Hall–Kier alpha value is -2.98. The highest BCUT2D eigenvalue weighted by molar-refractivity contribution is 7.14. The van der Waals surface area contributed by atoms with Crippen molar-refractivity contribution in [2.24, 2.45) is 0 Å². The van der Waals surface area contributed by atoms with Crippen molar-refractivity contribution >= 4 is 22.2 Å². The molecule has 3 rings (SSSR count). The zero-order chi connectivity index (χ0) is 19.1. The van der Waals surface area contributed by atoms with Crippen molar-refractivity contribution in [3.8, 4) is 23.1 Å². The molecule has 0 radical (unpaired) electrons. The minimum Gasteiger partial charge on any atom is -0.491 e. The van der Waals surface area contributed by atoms with Crippen LogP contribution in [0.1, 0.15) is 31.9 Å². The van der Waals surface area contributed by atoms with Gasteiger partial charge in [0.1, 0.15) is 11.8 Å². The molecule has 2 heterocycles. The third-order valence-corrected chi connectivity index (χ3v) is 4.62. The fraction of sp³-hybridized carbons (Fsp3) is 0.250.